The molecule has 0 aliphatic rings. The number of furan rings is 1. The van der Waals surface area contributed by atoms with E-state index in [2.05, 4.69) is 16.8 Å². The highest BCUT2D eigenvalue weighted by Gasteiger charge is 2.23. The first-order valence-electron chi connectivity index (χ1n) is 9.79. The number of thioether (sulfide) groups is 1. The average molecular weight is 461 g/mol. The number of aryl methyl sites for hydroxylation is 1. The van der Waals surface area contributed by atoms with Crippen LogP contribution in [0.5, 0.6) is 5.75 Å². The van der Waals surface area contributed by atoms with E-state index >= 15 is 0 Å². The molecule has 0 aliphatic heterocycles. The van der Waals surface area contributed by atoms with Gasteiger partial charge in [0.25, 0.3) is 0 Å². The summed E-state index contributed by atoms with van der Waals surface area (Å²) in [6, 6.07) is 8.99. The Kier molecular flexibility index (Phi) is 7.81. The van der Waals surface area contributed by atoms with Gasteiger partial charge in [0.05, 0.1) is 23.6 Å². The highest BCUT2D eigenvalue weighted by molar-refractivity contribution is 8.00. The second kappa shape index (κ2) is 10.5. The van der Waals surface area contributed by atoms with Gasteiger partial charge in [-0.25, -0.2) is 0 Å². The van der Waals surface area contributed by atoms with Crippen LogP contribution in [0.1, 0.15) is 12.7 Å². The van der Waals surface area contributed by atoms with Crippen molar-refractivity contribution < 1.29 is 13.9 Å². The van der Waals surface area contributed by atoms with E-state index in [1.807, 2.05) is 24.5 Å². The Morgan fingerprint density at radius 1 is 1.35 bits per heavy atom. The van der Waals surface area contributed by atoms with Gasteiger partial charge in [0.1, 0.15) is 18.1 Å². The van der Waals surface area contributed by atoms with Gasteiger partial charge in [0, 0.05) is 18.6 Å². The summed E-state index contributed by atoms with van der Waals surface area (Å²) < 4.78 is 13.0. The third-order valence-corrected chi connectivity index (χ3v) is 5.96. The summed E-state index contributed by atoms with van der Waals surface area (Å²) in [5.41, 5.74) is 0.872. The van der Waals surface area contributed by atoms with Crippen molar-refractivity contribution >= 4 is 29.3 Å². The van der Waals surface area contributed by atoms with Crippen LogP contribution < -0.4 is 4.74 Å². The number of carbonyl (C=O) groups excluding carboxylic acids is 1. The van der Waals surface area contributed by atoms with E-state index in [0.29, 0.717) is 41.4 Å². The highest BCUT2D eigenvalue weighted by Crippen LogP contribution is 2.29. The van der Waals surface area contributed by atoms with Gasteiger partial charge in [-0.2, -0.15) is 0 Å². The van der Waals surface area contributed by atoms with Crippen LogP contribution in [-0.4, -0.2) is 51.0 Å². The Balaban J connectivity index is 1.61. The van der Waals surface area contributed by atoms with Gasteiger partial charge < -0.3 is 14.1 Å². The molecule has 1 atom stereocenters. The first-order chi connectivity index (χ1) is 14.9. The number of rotatable bonds is 10. The highest BCUT2D eigenvalue weighted by atomic mass is 35.5. The lowest BCUT2D eigenvalue weighted by atomic mass is 10.2. The predicted molar refractivity (Wildman–Crippen MR) is 123 cm³/mol. The van der Waals surface area contributed by atoms with E-state index in [-0.39, 0.29) is 11.2 Å². The molecule has 1 aromatic carbocycles. The van der Waals surface area contributed by atoms with Crippen LogP contribution in [0.3, 0.4) is 0 Å². The summed E-state index contributed by atoms with van der Waals surface area (Å²) in [6.07, 6.45) is 3.40. The van der Waals surface area contributed by atoms with Gasteiger partial charge in [0.2, 0.25) is 5.91 Å². The molecule has 0 fully saturated rings. The molecule has 31 heavy (non-hydrogen) atoms. The number of hydrogen-bond acceptors (Lipinski definition) is 6. The van der Waals surface area contributed by atoms with Gasteiger partial charge in [-0.15, -0.1) is 16.8 Å². The largest absolute Gasteiger partial charge is 0.492 e. The molecular weight excluding hydrogens is 436 g/mol. The van der Waals surface area contributed by atoms with Crippen molar-refractivity contribution in [2.75, 3.05) is 20.2 Å². The lowest BCUT2D eigenvalue weighted by molar-refractivity contribution is -0.129. The molecular formula is C22H25ClN4O3S. The molecule has 1 unspecified atom stereocenters. The summed E-state index contributed by atoms with van der Waals surface area (Å²) in [4.78, 5) is 14.5. The molecule has 0 spiro atoms. The quantitative estimate of drug-likeness (QED) is 0.322. The summed E-state index contributed by atoms with van der Waals surface area (Å²) in [5.74, 6) is 2.16. The number of ether oxygens (including phenoxy) is 1. The number of allylic oxidation sites excluding steroid dienone is 1. The summed E-state index contributed by atoms with van der Waals surface area (Å²) >= 11 is 7.24. The minimum Gasteiger partial charge on any atom is -0.492 e. The van der Waals surface area contributed by atoms with Gasteiger partial charge in [0.15, 0.2) is 11.0 Å². The van der Waals surface area contributed by atoms with Crippen molar-refractivity contribution in [3.8, 4) is 17.1 Å². The van der Waals surface area contributed by atoms with E-state index in [0.717, 1.165) is 11.3 Å². The third-order valence-electron chi connectivity index (χ3n) is 4.64. The van der Waals surface area contributed by atoms with Crippen LogP contribution >= 0.6 is 23.4 Å². The van der Waals surface area contributed by atoms with Gasteiger partial charge in [-0.1, -0.05) is 29.4 Å². The second-order valence-electron chi connectivity index (χ2n) is 6.92. The molecule has 0 bridgehead atoms. The van der Waals surface area contributed by atoms with Gasteiger partial charge in [-0.05, 0) is 44.2 Å². The maximum absolute atomic E-state index is 12.8. The lowest BCUT2D eigenvalue weighted by Gasteiger charge is -2.21. The summed E-state index contributed by atoms with van der Waals surface area (Å²) in [7, 11) is 1.76. The first kappa shape index (κ1) is 23.0. The van der Waals surface area contributed by atoms with Crippen molar-refractivity contribution in [2.45, 2.75) is 30.8 Å². The van der Waals surface area contributed by atoms with Gasteiger partial charge >= 0.3 is 0 Å². The number of aromatic nitrogens is 3. The van der Waals surface area contributed by atoms with E-state index in [4.69, 9.17) is 20.8 Å². The van der Waals surface area contributed by atoms with E-state index in [1.165, 1.54) is 11.8 Å². The number of hydrogen-bond donors (Lipinski definition) is 0. The number of amides is 1. The maximum atomic E-state index is 12.8. The van der Waals surface area contributed by atoms with Crippen LogP contribution in [0.15, 0.2) is 58.8 Å². The molecule has 7 nitrogen and oxygen atoms in total. The monoisotopic (exact) mass is 460 g/mol. The molecule has 9 heteroatoms. The maximum Gasteiger partial charge on any atom is 0.235 e. The first-order valence-corrected chi connectivity index (χ1v) is 11.0. The molecule has 0 N–H and O–H groups in total. The normalized spacial score (nSPS) is 11.9. The number of halogens is 1. The summed E-state index contributed by atoms with van der Waals surface area (Å²) in [6.45, 7) is 8.94. The molecule has 164 valence electrons. The SMILES string of the molecule is C=CCn1c(SC(C)C(=O)N(C)CCOc2ccc(Cl)cc2)nnc1-c1ccoc1C. The molecule has 3 rings (SSSR count). The van der Waals surface area contributed by atoms with Crippen molar-refractivity contribution in [3.63, 3.8) is 0 Å². The molecule has 0 aliphatic carbocycles. The lowest BCUT2D eigenvalue weighted by Crippen LogP contribution is -2.36. The molecule has 1 amide bonds. The zero-order valence-corrected chi connectivity index (χ0v) is 19.3. The van der Waals surface area contributed by atoms with E-state index in [9.17, 15) is 4.79 Å². The van der Waals surface area contributed by atoms with E-state index < -0.39 is 0 Å². The second-order valence-corrected chi connectivity index (χ2v) is 8.66. The standard InChI is InChI=1S/C22H25ClN4O3S/c1-5-11-27-20(19-10-13-29-15(19)2)24-25-22(27)31-16(3)21(28)26(4)12-14-30-18-8-6-17(23)7-9-18/h5-10,13,16H,1,11-12,14H2,2-4H3. The number of likely N-dealkylation sites (N-methyl/N-ethyl adjacent to an activating group) is 1. The molecule has 0 saturated carbocycles. The van der Waals surface area contributed by atoms with Crippen molar-refractivity contribution in [2.24, 2.45) is 0 Å². The Morgan fingerprint density at radius 3 is 2.74 bits per heavy atom. The van der Waals surface area contributed by atoms with Gasteiger partial charge in [-0.3, -0.25) is 9.36 Å². The Labute approximate surface area is 191 Å². The smallest absolute Gasteiger partial charge is 0.235 e. The van der Waals surface area contributed by atoms with Crippen LogP contribution in [-0.2, 0) is 11.3 Å². The number of carbonyl (C=O) groups is 1. The van der Waals surface area contributed by atoms with Crippen LogP contribution in [0.4, 0.5) is 0 Å². The number of nitrogens with zero attached hydrogens (tertiary/aromatic N) is 4. The zero-order chi connectivity index (χ0) is 22.4. The fourth-order valence-electron chi connectivity index (χ4n) is 2.95. The van der Waals surface area contributed by atoms with Crippen molar-refractivity contribution in [3.05, 3.63) is 60.0 Å². The topological polar surface area (TPSA) is 73.4 Å². The average Bonchev–Trinajstić information content (AvgIpc) is 3.35. The van der Waals surface area contributed by atoms with Crippen LogP contribution in [0, 0.1) is 6.92 Å². The fraction of sp³-hybridized carbons (Fsp3) is 0.318. The molecule has 2 aromatic heterocycles. The predicted octanol–water partition coefficient (Wildman–Crippen LogP) is 4.70. The summed E-state index contributed by atoms with van der Waals surface area (Å²) in [5, 5.41) is 9.58. The van der Waals surface area contributed by atoms with E-state index in [1.54, 1.807) is 48.6 Å². The Morgan fingerprint density at radius 2 is 2.10 bits per heavy atom. The van der Waals surface area contributed by atoms with Crippen molar-refractivity contribution in [1.29, 1.82) is 0 Å². The number of benzene rings is 1. The van der Waals surface area contributed by atoms with Crippen molar-refractivity contribution in [1.82, 2.24) is 19.7 Å². The molecule has 0 radical (unpaired) electrons. The minimum atomic E-state index is -0.341. The zero-order valence-electron chi connectivity index (χ0n) is 17.7. The third kappa shape index (κ3) is 5.71. The fourth-order valence-corrected chi connectivity index (χ4v) is 4.05. The minimum absolute atomic E-state index is 0.0149. The Bertz CT molecular complexity index is 1030. The Hall–Kier alpha value is -2.71. The molecule has 0 saturated heterocycles. The molecule has 2 heterocycles. The molecule has 3 aromatic rings. The van der Waals surface area contributed by atoms with Crippen LogP contribution in [0.25, 0.3) is 11.4 Å². The van der Waals surface area contributed by atoms with Crippen LogP contribution in [0.2, 0.25) is 5.02 Å².